The molecule has 6 heteroatoms. The molecular weight excluding hydrogens is 368 g/mol. The highest BCUT2D eigenvalue weighted by atomic mass is 16.5. The fraction of sp³-hybridized carbons (Fsp3) is 0.652. The molecule has 1 rings (SSSR count). The van der Waals surface area contributed by atoms with Gasteiger partial charge < -0.3 is 19.7 Å². The number of carbonyl (C=O) groups excluding carboxylic acids is 2. The average Bonchev–Trinajstić information content (AvgIpc) is 2.73. The van der Waals surface area contributed by atoms with Gasteiger partial charge in [-0.3, -0.25) is 4.79 Å². The fourth-order valence-corrected chi connectivity index (χ4v) is 3.56. The molecular formula is C23H38N2O4. The van der Waals surface area contributed by atoms with E-state index in [1.54, 1.807) is 19.1 Å². The molecule has 0 saturated heterocycles. The summed E-state index contributed by atoms with van der Waals surface area (Å²) in [5, 5.41) is 2.76. The van der Waals surface area contributed by atoms with E-state index in [0.717, 1.165) is 18.4 Å². The molecule has 0 saturated carbocycles. The number of benzene rings is 1. The standard InChI is InChI=1S/C23H38N2O4/c1-8-17(5)21(19(9-2)28-7)25(6)22(26)20(16(3)4)24-23(27)29-15-18-13-11-10-12-14-18/h10-14,16-17,19-21H,8-9,15H2,1-7H3,(H,24,27)/t17-,19+,20-,21-/m0/s1. The molecule has 6 nitrogen and oxygen atoms in total. The highest BCUT2D eigenvalue weighted by Crippen LogP contribution is 2.22. The summed E-state index contributed by atoms with van der Waals surface area (Å²) in [4.78, 5) is 27.4. The van der Waals surface area contributed by atoms with Crippen molar-refractivity contribution in [1.82, 2.24) is 10.2 Å². The van der Waals surface area contributed by atoms with Crippen molar-refractivity contribution in [1.29, 1.82) is 0 Å². The summed E-state index contributed by atoms with van der Waals surface area (Å²) in [7, 11) is 3.48. The molecule has 0 bridgehead atoms. The minimum atomic E-state index is -0.663. The first kappa shape index (κ1) is 25.0. The molecule has 0 spiro atoms. The average molecular weight is 407 g/mol. The van der Waals surface area contributed by atoms with Gasteiger partial charge in [-0.05, 0) is 23.8 Å². The Morgan fingerprint density at radius 3 is 2.17 bits per heavy atom. The molecule has 1 N–H and O–H groups in total. The van der Waals surface area contributed by atoms with Crippen LogP contribution in [0, 0.1) is 11.8 Å². The maximum absolute atomic E-state index is 13.3. The maximum Gasteiger partial charge on any atom is 0.408 e. The number of likely N-dealkylation sites (N-methyl/N-ethyl adjacent to an activating group) is 1. The van der Waals surface area contributed by atoms with Crippen molar-refractivity contribution in [3.8, 4) is 0 Å². The largest absolute Gasteiger partial charge is 0.445 e. The van der Waals surface area contributed by atoms with Gasteiger partial charge in [0.1, 0.15) is 12.6 Å². The van der Waals surface area contributed by atoms with Crippen LogP contribution >= 0.6 is 0 Å². The van der Waals surface area contributed by atoms with Gasteiger partial charge in [0, 0.05) is 14.2 Å². The van der Waals surface area contributed by atoms with Crippen LogP contribution in [0.25, 0.3) is 0 Å². The predicted molar refractivity (Wildman–Crippen MR) is 115 cm³/mol. The van der Waals surface area contributed by atoms with Crippen LogP contribution in [0.2, 0.25) is 0 Å². The first-order valence-corrected chi connectivity index (χ1v) is 10.5. The van der Waals surface area contributed by atoms with Crippen molar-refractivity contribution in [2.24, 2.45) is 11.8 Å². The lowest BCUT2D eigenvalue weighted by Crippen LogP contribution is -2.56. The molecule has 0 aliphatic carbocycles. The summed E-state index contributed by atoms with van der Waals surface area (Å²) >= 11 is 0. The third kappa shape index (κ3) is 7.35. The van der Waals surface area contributed by atoms with E-state index >= 15 is 0 Å². The molecule has 164 valence electrons. The lowest BCUT2D eigenvalue weighted by molar-refractivity contribution is -0.140. The Balaban J connectivity index is 2.86. The number of ether oxygens (including phenoxy) is 2. The van der Waals surface area contributed by atoms with E-state index in [4.69, 9.17) is 9.47 Å². The van der Waals surface area contributed by atoms with E-state index < -0.39 is 12.1 Å². The maximum atomic E-state index is 13.3. The fourth-order valence-electron chi connectivity index (χ4n) is 3.56. The van der Waals surface area contributed by atoms with Gasteiger partial charge in [0.15, 0.2) is 0 Å². The highest BCUT2D eigenvalue weighted by molar-refractivity contribution is 5.86. The number of amides is 2. The Morgan fingerprint density at radius 2 is 1.69 bits per heavy atom. The van der Waals surface area contributed by atoms with Crippen molar-refractivity contribution in [2.75, 3.05) is 14.2 Å². The van der Waals surface area contributed by atoms with E-state index in [-0.39, 0.29) is 36.5 Å². The smallest absolute Gasteiger partial charge is 0.408 e. The molecule has 29 heavy (non-hydrogen) atoms. The number of hydrogen-bond donors (Lipinski definition) is 1. The molecule has 0 heterocycles. The first-order valence-electron chi connectivity index (χ1n) is 10.5. The van der Waals surface area contributed by atoms with Crippen molar-refractivity contribution in [3.63, 3.8) is 0 Å². The second-order valence-corrected chi connectivity index (χ2v) is 7.94. The van der Waals surface area contributed by atoms with E-state index in [1.165, 1.54) is 0 Å². The zero-order chi connectivity index (χ0) is 22.0. The molecule has 1 aromatic rings. The zero-order valence-electron chi connectivity index (χ0n) is 19.0. The molecule has 2 amide bonds. The topological polar surface area (TPSA) is 67.9 Å². The summed E-state index contributed by atoms with van der Waals surface area (Å²) in [6.07, 6.45) is 1.09. The Morgan fingerprint density at radius 1 is 1.07 bits per heavy atom. The third-order valence-corrected chi connectivity index (χ3v) is 5.53. The van der Waals surface area contributed by atoms with Crippen LogP contribution in [0.3, 0.4) is 0 Å². The normalized spacial score (nSPS) is 15.3. The van der Waals surface area contributed by atoms with E-state index in [0.29, 0.717) is 0 Å². The number of rotatable bonds is 11. The van der Waals surface area contributed by atoms with Gasteiger partial charge in [-0.25, -0.2) is 4.79 Å². The molecule has 1 aromatic carbocycles. The van der Waals surface area contributed by atoms with Gasteiger partial charge in [-0.2, -0.15) is 0 Å². The Bertz CT molecular complexity index is 617. The molecule has 0 fully saturated rings. The van der Waals surface area contributed by atoms with Crippen molar-refractivity contribution < 1.29 is 19.1 Å². The summed E-state index contributed by atoms with van der Waals surface area (Å²) in [5.74, 6) is 0.0681. The number of methoxy groups -OCH3 is 1. The number of nitrogens with zero attached hydrogens (tertiary/aromatic N) is 1. The van der Waals surface area contributed by atoms with Gasteiger partial charge in [0.05, 0.1) is 12.1 Å². The van der Waals surface area contributed by atoms with E-state index in [2.05, 4.69) is 26.1 Å². The Kier molecular flexibility index (Phi) is 10.7. The van der Waals surface area contributed by atoms with Crippen LogP contribution in [-0.4, -0.2) is 49.2 Å². The molecule has 0 unspecified atom stereocenters. The van der Waals surface area contributed by atoms with Crippen molar-refractivity contribution >= 4 is 12.0 Å². The summed E-state index contributed by atoms with van der Waals surface area (Å²) in [5.41, 5.74) is 0.898. The monoisotopic (exact) mass is 406 g/mol. The van der Waals surface area contributed by atoms with Crippen LogP contribution in [0.4, 0.5) is 4.79 Å². The summed E-state index contributed by atoms with van der Waals surface area (Å²) in [6.45, 7) is 10.3. The summed E-state index contributed by atoms with van der Waals surface area (Å²) in [6, 6.07) is 8.73. The number of hydrogen-bond acceptors (Lipinski definition) is 4. The minimum Gasteiger partial charge on any atom is -0.445 e. The van der Waals surface area contributed by atoms with Crippen LogP contribution in [-0.2, 0) is 20.9 Å². The van der Waals surface area contributed by atoms with Crippen LogP contribution in [0.1, 0.15) is 53.0 Å². The van der Waals surface area contributed by atoms with Gasteiger partial charge in [-0.15, -0.1) is 0 Å². The van der Waals surface area contributed by atoms with Gasteiger partial charge in [0.25, 0.3) is 0 Å². The van der Waals surface area contributed by atoms with Crippen LogP contribution in [0.15, 0.2) is 30.3 Å². The van der Waals surface area contributed by atoms with Gasteiger partial charge in [0.2, 0.25) is 5.91 Å². The SMILES string of the molecule is CC[C@H](C)[C@@H]([C@@H](CC)OC)N(C)C(=O)[C@@H](NC(=O)OCc1ccccc1)C(C)C. The molecule has 0 aromatic heterocycles. The Labute approximate surface area is 175 Å². The lowest BCUT2D eigenvalue weighted by Gasteiger charge is -2.39. The van der Waals surface area contributed by atoms with Crippen molar-refractivity contribution in [3.05, 3.63) is 35.9 Å². The van der Waals surface area contributed by atoms with E-state index in [9.17, 15) is 9.59 Å². The third-order valence-electron chi connectivity index (χ3n) is 5.53. The Hall–Kier alpha value is -2.08. The second kappa shape index (κ2) is 12.5. The number of carbonyl (C=O) groups is 2. The lowest BCUT2D eigenvalue weighted by atomic mass is 9.90. The van der Waals surface area contributed by atoms with Crippen molar-refractivity contribution in [2.45, 2.75) is 72.3 Å². The van der Waals surface area contributed by atoms with Crippen LogP contribution < -0.4 is 5.32 Å². The minimum absolute atomic E-state index is 0.0586. The van der Waals surface area contributed by atoms with E-state index in [1.807, 2.05) is 44.2 Å². The molecule has 0 aliphatic rings. The molecule has 4 atom stereocenters. The second-order valence-electron chi connectivity index (χ2n) is 7.94. The predicted octanol–water partition coefficient (Wildman–Crippen LogP) is 4.24. The van der Waals surface area contributed by atoms with Gasteiger partial charge in [-0.1, -0.05) is 71.4 Å². The quantitative estimate of drug-likeness (QED) is 0.597. The van der Waals surface area contributed by atoms with Gasteiger partial charge >= 0.3 is 6.09 Å². The van der Waals surface area contributed by atoms with Crippen LogP contribution in [0.5, 0.6) is 0 Å². The first-order chi connectivity index (χ1) is 13.8. The number of nitrogens with one attached hydrogen (secondary N) is 1. The molecule has 0 aliphatic heterocycles. The highest BCUT2D eigenvalue weighted by Gasteiger charge is 2.36. The zero-order valence-corrected chi connectivity index (χ0v) is 19.0. The number of alkyl carbamates (subject to hydrolysis) is 1. The summed E-state index contributed by atoms with van der Waals surface area (Å²) < 4.78 is 11.0. The molecule has 0 radical (unpaired) electrons.